The van der Waals surface area contributed by atoms with E-state index < -0.39 is 43.0 Å². The van der Waals surface area contributed by atoms with Crippen LogP contribution in [0.4, 0.5) is 13.2 Å². The van der Waals surface area contributed by atoms with E-state index in [0.29, 0.717) is 11.0 Å². The summed E-state index contributed by atoms with van der Waals surface area (Å²) in [5.41, 5.74) is -0.513. The van der Waals surface area contributed by atoms with Crippen molar-refractivity contribution in [2.45, 2.75) is 90.7 Å². The SMILES string of the molecule is CCOC(=O)Cc1ccccc1O[C@@H](CC/C(B1OC(C)(C)C(C)(C)O1)=C(\C)O)CC(F)(F)F. The molecule has 0 aromatic heterocycles. The number of hydrogen-bond donors (Lipinski definition) is 1. The van der Waals surface area contributed by atoms with Gasteiger partial charge in [-0.1, -0.05) is 18.2 Å². The Bertz CT molecular complexity index is 862. The van der Waals surface area contributed by atoms with Crippen LogP contribution in [0.3, 0.4) is 0 Å². The fourth-order valence-electron chi connectivity index (χ4n) is 3.54. The third kappa shape index (κ3) is 7.66. The lowest BCUT2D eigenvalue weighted by Gasteiger charge is -2.32. The molecule has 190 valence electrons. The van der Waals surface area contributed by atoms with Gasteiger partial charge in [0.05, 0.1) is 36.4 Å². The van der Waals surface area contributed by atoms with Gasteiger partial charge in [0.15, 0.2) is 0 Å². The molecule has 34 heavy (non-hydrogen) atoms. The molecule has 1 N–H and O–H groups in total. The van der Waals surface area contributed by atoms with E-state index >= 15 is 0 Å². The number of esters is 1. The molecule has 2 rings (SSSR count). The number of allylic oxidation sites excluding steroid dienone is 2. The summed E-state index contributed by atoms with van der Waals surface area (Å²) in [5, 5.41) is 10.2. The zero-order chi connectivity index (χ0) is 25.7. The average Bonchev–Trinajstić information content (AvgIpc) is 2.89. The van der Waals surface area contributed by atoms with Gasteiger partial charge in [-0.15, -0.1) is 0 Å². The first-order valence-corrected chi connectivity index (χ1v) is 11.4. The van der Waals surface area contributed by atoms with Crippen LogP contribution in [0.5, 0.6) is 5.75 Å². The molecule has 1 atom stereocenters. The summed E-state index contributed by atoms with van der Waals surface area (Å²) >= 11 is 0. The van der Waals surface area contributed by atoms with E-state index in [9.17, 15) is 23.1 Å². The van der Waals surface area contributed by atoms with Crippen LogP contribution >= 0.6 is 0 Å². The Morgan fingerprint density at radius 2 is 1.74 bits per heavy atom. The topological polar surface area (TPSA) is 74.2 Å². The number of para-hydroxylation sites is 1. The molecule has 1 aromatic rings. The number of carbonyl (C=O) groups excluding carboxylic acids is 1. The van der Waals surface area contributed by atoms with Gasteiger partial charge < -0.3 is 23.9 Å². The quantitative estimate of drug-likeness (QED) is 0.259. The molecule has 0 saturated carbocycles. The number of halogens is 3. The van der Waals surface area contributed by atoms with Crippen LogP contribution in [0.15, 0.2) is 35.5 Å². The maximum absolute atomic E-state index is 13.3. The van der Waals surface area contributed by atoms with Crippen molar-refractivity contribution >= 4 is 13.1 Å². The Kier molecular flexibility index (Phi) is 9.10. The lowest BCUT2D eigenvalue weighted by atomic mass is 9.74. The summed E-state index contributed by atoms with van der Waals surface area (Å²) in [4.78, 5) is 11.9. The maximum atomic E-state index is 13.3. The molecule has 0 bridgehead atoms. The van der Waals surface area contributed by atoms with Crippen LogP contribution in [0, 0.1) is 0 Å². The molecule has 0 radical (unpaired) electrons. The summed E-state index contributed by atoms with van der Waals surface area (Å²) in [6, 6.07) is 6.45. The summed E-state index contributed by atoms with van der Waals surface area (Å²) in [5.74, 6) is -0.369. The minimum absolute atomic E-state index is 0.0510. The van der Waals surface area contributed by atoms with Crippen molar-refractivity contribution in [2.24, 2.45) is 0 Å². The molecular weight excluding hydrogens is 452 g/mol. The highest BCUT2D eigenvalue weighted by molar-refractivity contribution is 6.54. The normalized spacial score (nSPS) is 18.9. The number of alkyl halides is 3. The first kappa shape index (κ1) is 28.0. The number of aliphatic hydroxyl groups excluding tert-OH is 1. The minimum atomic E-state index is -4.47. The van der Waals surface area contributed by atoms with Gasteiger partial charge in [-0.05, 0) is 65.9 Å². The van der Waals surface area contributed by atoms with Crippen LogP contribution in [-0.2, 0) is 25.3 Å². The number of aliphatic hydroxyl groups is 1. The molecule has 1 fully saturated rings. The zero-order valence-corrected chi connectivity index (χ0v) is 20.6. The van der Waals surface area contributed by atoms with E-state index in [-0.39, 0.29) is 37.4 Å². The molecular formula is C24H34BF3O6. The molecule has 1 aliphatic heterocycles. The van der Waals surface area contributed by atoms with Gasteiger partial charge in [0, 0.05) is 5.56 Å². The molecule has 1 heterocycles. The molecule has 0 aliphatic carbocycles. The van der Waals surface area contributed by atoms with Crippen LogP contribution in [-0.4, -0.2) is 48.3 Å². The third-order valence-corrected chi connectivity index (χ3v) is 6.10. The standard InChI is InChI=1S/C24H34BF3O6/c1-7-31-21(30)14-17-10-8-9-11-20(17)32-18(15-24(26,27)28)12-13-19(16(2)29)25-33-22(3,4)23(5,6)34-25/h8-11,18,29H,7,12-15H2,1-6H3/b19-16-/t18-/m0/s1. The van der Waals surface area contributed by atoms with Gasteiger partial charge in [0.25, 0.3) is 0 Å². The highest BCUT2D eigenvalue weighted by Crippen LogP contribution is 2.40. The fraction of sp³-hybridized carbons (Fsp3) is 0.625. The van der Waals surface area contributed by atoms with E-state index in [1.807, 2.05) is 27.7 Å². The molecule has 0 amide bonds. The first-order valence-electron chi connectivity index (χ1n) is 11.4. The molecule has 0 unspecified atom stereocenters. The predicted molar refractivity (Wildman–Crippen MR) is 123 cm³/mol. The second-order valence-electron chi connectivity index (χ2n) is 9.39. The zero-order valence-electron chi connectivity index (χ0n) is 20.6. The smallest absolute Gasteiger partial charge is 0.493 e. The summed E-state index contributed by atoms with van der Waals surface area (Å²) < 4.78 is 62.7. The van der Waals surface area contributed by atoms with Crippen LogP contribution < -0.4 is 4.74 Å². The number of benzene rings is 1. The Balaban J connectivity index is 2.20. The average molecular weight is 486 g/mol. The van der Waals surface area contributed by atoms with Crippen molar-refractivity contribution in [1.29, 1.82) is 0 Å². The second-order valence-corrected chi connectivity index (χ2v) is 9.39. The molecule has 6 nitrogen and oxygen atoms in total. The van der Waals surface area contributed by atoms with Gasteiger partial charge in [0.1, 0.15) is 11.9 Å². The van der Waals surface area contributed by atoms with Gasteiger partial charge in [-0.2, -0.15) is 13.2 Å². The van der Waals surface area contributed by atoms with E-state index in [0.717, 1.165) is 0 Å². The van der Waals surface area contributed by atoms with Crippen LogP contribution in [0.1, 0.15) is 66.4 Å². The molecule has 1 aliphatic rings. The number of rotatable bonds is 10. The predicted octanol–water partition coefficient (Wildman–Crippen LogP) is 5.74. The number of carbonyl (C=O) groups is 1. The molecule has 1 aromatic carbocycles. The Morgan fingerprint density at radius 1 is 1.15 bits per heavy atom. The van der Waals surface area contributed by atoms with E-state index in [1.54, 1.807) is 25.1 Å². The summed E-state index contributed by atoms with van der Waals surface area (Å²) in [6.07, 6.45) is -7.01. The largest absolute Gasteiger partial charge is 0.513 e. The maximum Gasteiger partial charge on any atom is 0.493 e. The highest BCUT2D eigenvalue weighted by Gasteiger charge is 2.52. The van der Waals surface area contributed by atoms with Crippen molar-refractivity contribution < 1.29 is 41.9 Å². The van der Waals surface area contributed by atoms with Crippen LogP contribution in [0.25, 0.3) is 0 Å². The van der Waals surface area contributed by atoms with E-state index in [1.165, 1.54) is 13.0 Å². The van der Waals surface area contributed by atoms with Crippen molar-refractivity contribution in [3.05, 3.63) is 41.1 Å². The summed E-state index contributed by atoms with van der Waals surface area (Å²) in [6.45, 7) is 10.7. The Hall–Kier alpha value is -2.20. The lowest BCUT2D eigenvalue weighted by molar-refractivity contribution is -0.151. The third-order valence-electron chi connectivity index (χ3n) is 6.10. The van der Waals surface area contributed by atoms with E-state index in [2.05, 4.69) is 0 Å². The monoisotopic (exact) mass is 486 g/mol. The number of hydrogen-bond acceptors (Lipinski definition) is 6. The van der Waals surface area contributed by atoms with E-state index in [4.69, 9.17) is 18.8 Å². The molecule has 0 spiro atoms. The van der Waals surface area contributed by atoms with Gasteiger partial charge in [0.2, 0.25) is 0 Å². The Morgan fingerprint density at radius 3 is 2.26 bits per heavy atom. The van der Waals surface area contributed by atoms with Crippen molar-refractivity contribution in [2.75, 3.05) is 6.61 Å². The lowest BCUT2D eigenvalue weighted by Crippen LogP contribution is -2.41. The van der Waals surface area contributed by atoms with Crippen LogP contribution in [0.2, 0.25) is 0 Å². The van der Waals surface area contributed by atoms with Gasteiger partial charge in [-0.3, -0.25) is 4.79 Å². The summed E-state index contributed by atoms with van der Waals surface area (Å²) in [7, 11) is -0.877. The van der Waals surface area contributed by atoms with Crippen molar-refractivity contribution in [3.63, 3.8) is 0 Å². The fourth-order valence-corrected chi connectivity index (χ4v) is 3.54. The van der Waals surface area contributed by atoms with Gasteiger partial charge >= 0.3 is 19.3 Å². The number of ether oxygens (including phenoxy) is 2. The Labute approximate surface area is 199 Å². The van der Waals surface area contributed by atoms with Crippen molar-refractivity contribution in [1.82, 2.24) is 0 Å². The second kappa shape index (κ2) is 11.0. The van der Waals surface area contributed by atoms with Crippen molar-refractivity contribution in [3.8, 4) is 5.75 Å². The first-order chi connectivity index (χ1) is 15.6. The van der Waals surface area contributed by atoms with Gasteiger partial charge in [-0.25, -0.2) is 0 Å². The minimum Gasteiger partial charge on any atom is -0.513 e. The molecule has 1 saturated heterocycles. The molecule has 10 heteroatoms. The highest BCUT2D eigenvalue weighted by atomic mass is 19.4.